The molecule has 2 aromatic rings. The van der Waals surface area contributed by atoms with Gasteiger partial charge in [0, 0.05) is 0 Å². The number of rotatable bonds is 2. The number of hydrogen-bond donors (Lipinski definition) is 0. The molecule has 0 atom stereocenters. The van der Waals surface area contributed by atoms with E-state index in [0.717, 1.165) is 11.4 Å². The molecule has 15 heavy (non-hydrogen) atoms. The van der Waals surface area contributed by atoms with Crippen molar-refractivity contribution in [3.63, 3.8) is 0 Å². The van der Waals surface area contributed by atoms with Crippen molar-refractivity contribution in [2.45, 2.75) is 0 Å². The molecule has 0 unspecified atom stereocenters. The van der Waals surface area contributed by atoms with Gasteiger partial charge in [-0.15, -0.1) is 0 Å². The summed E-state index contributed by atoms with van der Waals surface area (Å²) in [5, 5.41) is 8.20. The van der Waals surface area contributed by atoms with Crippen molar-refractivity contribution in [3.05, 3.63) is 60.7 Å². The van der Waals surface area contributed by atoms with Crippen LogP contribution in [0, 0.1) is 0 Å². The van der Waals surface area contributed by atoms with Gasteiger partial charge in [-0.25, -0.2) is 0 Å². The van der Waals surface area contributed by atoms with Crippen LogP contribution in [-0.4, -0.2) is 5.48 Å². The van der Waals surface area contributed by atoms with Gasteiger partial charge in [0.15, 0.2) is 0 Å². The lowest BCUT2D eigenvalue weighted by Gasteiger charge is -1.91. The maximum absolute atomic E-state index is 4.10. The van der Waals surface area contributed by atoms with E-state index in [1.165, 1.54) is 0 Å². The van der Waals surface area contributed by atoms with Crippen molar-refractivity contribution in [2.75, 3.05) is 0 Å². The average Bonchev–Trinajstić information content (AvgIpc) is 2.29. The molecule has 0 aliphatic heterocycles. The van der Waals surface area contributed by atoms with E-state index in [4.69, 9.17) is 0 Å². The molecule has 0 amide bonds. The number of benzene rings is 2. The molecule has 0 bridgehead atoms. The van der Waals surface area contributed by atoms with E-state index in [-0.39, 0.29) is 5.48 Å². The van der Waals surface area contributed by atoms with Gasteiger partial charge in [-0.05, 0) is 24.3 Å². The molecule has 2 rings (SSSR count). The van der Waals surface area contributed by atoms with Crippen molar-refractivity contribution >= 4 is 11.4 Å². The van der Waals surface area contributed by atoms with Gasteiger partial charge in [-0.2, -0.15) is 10.2 Å². The van der Waals surface area contributed by atoms with Crippen LogP contribution in [0.1, 0.15) is 0 Å². The van der Waals surface area contributed by atoms with Gasteiger partial charge >= 0.3 is 0 Å². The molecule has 2 N–H and O–H groups in total. The lowest BCUT2D eigenvalue weighted by Crippen LogP contribution is -1.62. The van der Waals surface area contributed by atoms with E-state index in [1.807, 2.05) is 60.7 Å². The maximum Gasteiger partial charge on any atom is 0.0857 e. The number of hydrogen-bond acceptors (Lipinski definition) is 2. The van der Waals surface area contributed by atoms with Crippen molar-refractivity contribution in [1.29, 1.82) is 0 Å². The Kier molecular flexibility index (Phi) is 4.19. The minimum atomic E-state index is 0. The summed E-state index contributed by atoms with van der Waals surface area (Å²) in [5.41, 5.74) is 1.74. The third kappa shape index (κ3) is 3.32. The summed E-state index contributed by atoms with van der Waals surface area (Å²) in [5.74, 6) is 0. The molecule has 0 radical (unpaired) electrons. The molecule has 76 valence electrons. The average molecular weight is 200 g/mol. The van der Waals surface area contributed by atoms with Crippen LogP contribution in [0.3, 0.4) is 0 Å². The minimum Gasteiger partial charge on any atom is -0.412 e. The maximum atomic E-state index is 4.10. The normalized spacial score (nSPS) is 9.87. The molecular weight excluding hydrogens is 188 g/mol. The zero-order chi connectivity index (χ0) is 9.64. The summed E-state index contributed by atoms with van der Waals surface area (Å²) in [4.78, 5) is 0. The van der Waals surface area contributed by atoms with Crippen molar-refractivity contribution in [3.8, 4) is 0 Å². The Bertz CT molecular complexity index is 371. The first-order chi connectivity index (χ1) is 6.95. The predicted molar refractivity (Wildman–Crippen MR) is 60.7 cm³/mol. The molecule has 2 aromatic carbocycles. The van der Waals surface area contributed by atoms with Crippen molar-refractivity contribution < 1.29 is 5.48 Å². The van der Waals surface area contributed by atoms with Crippen molar-refractivity contribution in [1.82, 2.24) is 0 Å². The highest BCUT2D eigenvalue weighted by Crippen LogP contribution is 2.16. The smallest absolute Gasteiger partial charge is 0.0857 e. The van der Waals surface area contributed by atoms with Gasteiger partial charge in [0.25, 0.3) is 0 Å². The van der Waals surface area contributed by atoms with Crippen LogP contribution in [-0.2, 0) is 0 Å². The summed E-state index contributed by atoms with van der Waals surface area (Å²) < 4.78 is 0. The molecule has 0 saturated heterocycles. The number of azo groups is 1. The summed E-state index contributed by atoms with van der Waals surface area (Å²) in [7, 11) is 0. The van der Waals surface area contributed by atoms with Gasteiger partial charge in [-0.1, -0.05) is 36.4 Å². The highest BCUT2D eigenvalue weighted by atomic mass is 16.0. The molecule has 0 spiro atoms. The minimum absolute atomic E-state index is 0. The first-order valence-corrected chi connectivity index (χ1v) is 4.47. The highest BCUT2D eigenvalue weighted by molar-refractivity contribution is 5.39. The zero-order valence-electron chi connectivity index (χ0n) is 8.17. The van der Waals surface area contributed by atoms with Crippen LogP contribution in [0.5, 0.6) is 0 Å². The highest BCUT2D eigenvalue weighted by Gasteiger charge is 1.86. The van der Waals surface area contributed by atoms with E-state index < -0.39 is 0 Å². The molecule has 0 saturated carbocycles. The first-order valence-electron chi connectivity index (χ1n) is 4.47. The Morgan fingerprint density at radius 3 is 1.20 bits per heavy atom. The van der Waals surface area contributed by atoms with Gasteiger partial charge in [0.05, 0.1) is 11.4 Å². The Morgan fingerprint density at radius 2 is 0.867 bits per heavy atom. The molecule has 0 fully saturated rings. The summed E-state index contributed by atoms with van der Waals surface area (Å²) >= 11 is 0. The van der Waals surface area contributed by atoms with Crippen LogP contribution < -0.4 is 0 Å². The van der Waals surface area contributed by atoms with E-state index in [9.17, 15) is 0 Å². The van der Waals surface area contributed by atoms with E-state index >= 15 is 0 Å². The zero-order valence-corrected chi connectivity index (χ0v) is 8.17. The van der Waals surface area contributed by atoms with Crippen molar-refractivity contribution in [2.24, 2.45) is 10.2 Å². The molecule has 0 heterocycles. The van der Waals surface area contributed by atoms with Gasteiger partial charge < -0.3 is 5.48 Å². The second-order valence-corrected chi connectivity index (χ2v) is 2.87. The molecular formula is C12H12N2O. The third-order valence-electron chi connectivity index (χ3n) is 1.79. The molecule has 3 nitrogen and oxygen atoms in total. The van der Waals surface area contributed by atoms with Crippen LogP contribution in [0.15, 0.2) is 70.9 Å². The fourth-order valence-electron chi connectivity index (χ4n) is 1.10. The number of nitrogens with zero attached hydrogens (tertiary/aromatic N) is 2. The monoisotopic (exact) mass is 200 g/mol. The topological polar surface area (TPSA) is 56.2 Å². The first kappa shape index (κ1) is 11.1. The van der Waals surface area contributed by atoms with E-state index in [2.05, 4.69) is 10.2 Å². The molecule has 0 aliphatic carbocycles. The Morgan fingerprint density at radius 1 is 0.533 bits per heavy atom. The molecule has 0 aromatic heterocycles. The molecule has 0 aliphatic rings. The van der Waals surface area contributed by atoms with Crippen LogP contribution >= 0.6 is 0 Å². The van der Waals surface area contributed by atoms with Gasteiger partial charge in [-0.3, -0.25) is 0 Å². The second-order valence-electron chi connectivity index (χ2n) is 2.87. The van der Waals surface area contributed by atoms with Crippen LogP contribution in [0.2, 0.25) is 0 Å². The Balaban J connectivity index is 0.00000112. The fraction of sp³-hybridized carbons (Fsp3) is 0. The van der Waals surface area contributed by atoms with Gasteiger partial charge in [0.2, 0.25) is 0 Å². The lowest BCUT2D eigenvalue weighted by atomic mass is 10.3. The Labute approximate surface area is 88.4 Å². The van der Waals surface area contributed by atoms with Crippen LogP contribution in [0.25, 0.3) is 0 Å². The summed E-state index contributed by atoms with van der Waals surface area (Å²) in [6, 6.07) is 19.4. The van der Waals surface area contributed by atoms with Gasteiger partial charge in [0.1, 0.15) is 0 Å². The summed E-state index contributed by atoms with van der Waals surface area (Å²) in [6.07, 6.45) is 0. The SMILES string of the molecule is O.c1ccc(/N=N/c2ccccc2)cc1. The molecule has 3 heteroatoms. The largest absolute Gasteiger partial charge is 0.412 e. The quantitative estimate of drug-likeness (QED) is 0.668. The van der Waals surface area contributed by atoms with E-state index in [0.29, 0.717) is 0 Å². The predicted octanol–water partition coefficient (Wildman–Crippen LogP) is 3.28. The second kappa shape index (κ2) is 5.67. The van der Waals surface area contributed by atoms with Crippen LogP contribution in [0.4, 0.5) is 11.4 Å². The fourth-order valence-corrected chi connectivity index (χ4v) is 1.10. The third-order valence-corrected chi connectivity index (χ3v) is 1.79. The van der Waals surface area contributed by atoms with E-state index in [1.54, 1.807) is 0 Å². The Hall–Kier alpha value is -2.00. The standard InChI is InChI=1S/C12H10N2.H2O/c1-3-7-11(8-4-1)13-14-12-9-5-2-6-10-12;/h1-10H;1H2/b14-13+;. The summed E-state index contributed by atoms with van der Waals surface area (Å²) in [6.45, 7) is 0. The lowest BCUT2D eigenvalue weighted by molar-refractivity contribution is 0.824.